The summed E-state index contributed by atoms with van der Waals surface area (Å²) in [5, 5.41) is 9.68. The van der Waals surface area contributed by atoms with Gasteiger partial charge in [0.1, 0.15) is 0 Å². The highest BCUT2D eigenvalue weighted by molar-refractivity contribution is 7.92. The highest BCUT2D eigenvalue weighted by Gasteiger charge is 2.28. The third-order valence-electron chi connectivity index (χ3n) is 3.71. The molecule has 2 rings (SSSR count). The third-order valence-corrected chi connectivity index (χ3v) is 5.39. The number of benzene rings is 1. The quantitative estimate of drug-likeness (QED) is 0.842. The van der Waals surface area contributed by atoms with E-state index >= 15 is 0 Å². The van der Waals surface area contributed by atoms with Gasteiger partial charge >= 0.3 is 0 Å². The largest absolute Gasteiger partial charge is 0.392 e. The number of aromatic nitrogens is 2. The van der Waals surface area contributed by atoms with Crippen molar-refractivity contribution in [3.63, 3.8) is 0 Å². The smallest absolute Gasteiger partial charge is 0.283 e. The molecule has 0 aliphatic carbocycles. The molecule has 0 fully saturated rings. The molecule has 0 unspecified atom stereocenters. The molecule has 2 aromatic rings. The number of aliphatic hydroxyl groups excluding tert-OH is 1. The van der Waals surface area contributed by atoms with E-state index in [1.54, 1.807) is 42.0 Å². The molecule has 7 heteroatoms. The van der Waals surface area contributed by atoms with Crippen molar-refractivity contribution in [3.8, 4) is 0 Å². The first-order valence-corrected chi connectivity index (χ1v) is 9.09. The Hall–Kier alpha value is -1.86. The molecule has 23 heavy (non-hydrogen) atoms. The molecule has 0 radical (unpaired) electrons. The normalized spacial score (nSPS) is 14.4. The van der Waals surface area contributed by atoms with Crippen LogP contribution in [0, 0.1) is 0 Å². The second-order valence-corrected chi connectivity index (χ2v) is 7.45. The second-order valence-electron chi connectivity index (χ2n) is 5.64. The zero-order valence-electron chi connectivity index (χ0n) is 13.6. The Morgan fingerprint density at radius 3 is 2.48 bits per heavy atom. The molecule has 1 aromatic heterocycles. The lowest BCUT2D eigenvalue weighted by molar-refractivity contribution is 0.204. The van der Waals surface area contributed by atoms with Crippen LogP contribution in [0.5, 0.6) is 0 Å². The monoisotopic (exact) mass is 337 g/mol. The third kappa shape index (κ3) is 3.92. The van der Waals surface area contributed by atoms with Crippen LogP contribution in [-0.2, 0) is 10.0 Å². The standard InChI is InChI=1S/C16H23N3O3S/c1-4-13(2)18-11-16(17-12-18)23(21,22)19(10-14(3)20)15-8-6-5-7-9-15/h5-9,11-14,20H,4,10H2,1-3H3/t13-,14+/m1/s1. The van der Waals surface area contributed by atoms with Gasteiger partial charge in [0.25, 0.3) is 10.0 Å². The highest BCUT2D eigenvalue weighted by Crippen LogP contribution is 2.23. The van der Waals surface area contributed by atoms with E-state index in [0.717, 1.165) is 6.42 Å². The van der Waals surface area contributed by atoms with Gasteiger partial charge < -0.3 is 9.67 Å². The van der Waals surface area contributed by atoms with Crippen molar-refractivity contribution in [3.05, 3.63) is 42.9 Å². The first-order valence-electron chi connectivity index (χ1n) is 7.65. The van der Waals surface area contributed by atoms with Gasteiger partial charge in [0, 0.05) is 12.2 Å². The molecule has 2 atom stereocenters. The van der Waals surface area contributed by atoms with Gasteiger partial charge in [-0.25, -0.2) is 4.98 Å². The molecule has 126 valence electrons. The Labute approximate surface area is 137 Å². The molecule has 0 aliphatic heterocycles. The van der Waals surface area contributed by atoms with E-state index in [9.17, 15) is 13.5 Å². The molecule has 1 N–H and O–H groups in total. The SMILES string of the molecule is CC[C@@H](C)n1cnc(S(=O)(=O)N(C[C@H](C)O)c2ccccc2)c1. The van der Waals surface area contributed by atoms with E-state index in [1.165, 1.54) is 10.6 Å². The molecule has 0 amide bonds. The van der Waals surface area contributed by atoms with Gasteiger partial charge in [-0.15, -0.1) is 0 Å². The molecular formula is C16H23N3O3S. The summed E-state index contributed by atoms with van der Waals surface area (Å²) in [6.45, 7) is 5.57. The Morgan fingerprint density at radius 2 is 1.91 bits per heavy atom. The van der Waals surface area contributed by atoms with E-state index in [4.69, 9.17) is 0 Å². The number of hydrogen-bond acceptors (Lipinski definition) is 4. The van der Waals surface area contributed by atoms with Crippen molar-refractivity contribution in [1.82, 2.24) is 9.55 Å². The molecule has 0 saturated carbocycles. The Kier molecular flexibility index (Phi) is 5.43. The van der Waals surface area contributed by atoms with Gasteiger partial charge in [-0.05, 0) is 32.4 Å². The van der Waals surface area contributed by atoms with Crippen LogP contribution in [0.2, 0.25) is 0 Å². The maximum Gasteiger partial charge on any atom is 0.283 e. The molecule has 0 spiro atoms. The highest BCUT2D eigenvalue weighted by atomic mass is 32.2. The van der Waals surface area contributed by atoms with Crippen LogP contribution in [-0.4, -0.2) is 35.7 Å². The van der Waals surface area contributed by atoms with Crippen molar-refractivity contribution in [2.75, 3.05) is 10.8 Å². The predicted octanol–water partition coefficient (Wildman–Crippen LogP) is 2.43. The van der Waals surface area contributed by atoms with Crippen LogP contribution in [0.25, 0.3) is 0 Å². The van der Waals surface area contributed by atoms with Crippen LogP contribution < -0.4 is 4.31 Å². The van der Waals surface area contributed by atoms with E-state index in [2.05, 4.69) is 4.98 Å². The van der Waals surface area contributed by atoms with Crippen molar-refractivity contribution in [2.45, 2.75) is 44.4 Å². The van der Waals surface area contributed by atoms with Gasteiger partial charge in [0.15, 0.2) is 5.03 Å². The molecule has 1 aromatic carbocycles. The van der Waals surface area contributed by atoms with Gasteiger partial charge in [0.2, 0.25) is 0 Å². The number of hydrogen-bond donors (Lipinski definition) is 1. The minimum Gasteiger partial charge on any atom is -0.392 e. The van der Waals surface area contributed by atoms with E-state index in [-0.39, 0.29) is 17.6 Å². The molecule has 0 aliphatic rings. The van der Waals surface area contributed by atoms with E-state index in [1.807, 2.05) is 19.9 Å². The van der Waals surface area contributed by atoms with Gasteiger partial charge in [-0.1, -0.05) is 25.1 Å². The average molecular weight is 337 g/mol. The van der Waals surface area contributed by atoms with E-state index < -0.39 is 16.1 Å². The first kappa shape index (κ1) is 17.5. The number of imidazole rings is 1. The lowest BCUT2D eigenvalue weighted by Gasteiger charge is -2.24. The number of sulfonamides is 1. The summed E-state index contributed by atoms with van der Waals surface area (Å²) < 4.78 is 28.8. The summed E-state index contributed by atoms with van der Waals surface area (Å²) in [7, 11) is -3.83. The fourth-order valence-electron chi connectivity index (χ4n) is 2.19. The van der Waals surface area contributed by atoms with E-state index in [0.29, 0.717) is 5.69 Å². The Bertz CT molecular complexity index is 726. The van der Waals surface area contributed by atoms with Crippen LogP contribution >= 0.6 is 0 Å². The second kappa shape index (κ2) is 7.14. The average Bonchev–Trinajstić information content (AvgIpc) is 3.03. The number of anilines is 1. The minimum atomic E-state index is -3.83. The maximum absolute atomic E-state index is 12.9. The summed E-state index contributed by atoms with van der Waals surface area (Å²) >= 11 is 0. The summed E-state index contributed by atoms with van der Waals surface area (Å²) in [5.74, 6) is 0. The van der Waals surface area contributed by atoms with Crippen molar-refractivity contribution >= 4 is 15.7 Å². The lowest BCUT2D eigenvalue weighted by Crippen LogP contribution is -2.36. The predicted molar refractivity (Wildman–Crippen MR) is 89.9 cm³/mol. The Morgan fingerprint density at radius 1 is 1.26 bits per heavy atom. The number of aliphatic hydroxyl groups is 1. The summed E-state index contributed by atoms with van der Waals surface area (Å²) in [6.07, 6.45) is 3.17. The van der Waals surface area contributed by atoms with Gasteiger partial charge in [-0.2, -0.15) is 8.42 Å². The molecule has 6 nitrogen and oxygen atoms in total. The number of nitrogens with zero attached hydrogens (tertiary/aromatic N) is 3. The van der Waals surface area contributed by atoms with Crippen molar-refractivity contribution < 1.29 is 13.5 Å². The first-order chi connectivity index (χ1) is 10.9. The number of para-hydroxylation sites is 1. The summed E-state index contributed by atoms with van der Waals surface area (Å²) in [5.41, 5.74) is 0.506. The maximum atomic E-state index is 12.9. The van der Waals surface area contributed by atoms with Crippen molar-refractivity contribution in [1.29, 1.82) is 0 Å². The number of rotatable bonds is 7. The topological polar surface area (TPSA) is 75.4 Å². The zero-order chi connectivity index (χ0) is 17.0. The summed E-state index contributed by atoms with van der Waals surface area (Å²) in [6, 6.07) is 8.91. The molecule has 1 heterocycles. The Balaban J connectivity index is 2.42. The van der Waals surface area contributed by atoms with Crippen molar-refractivity contribution in [2.24, 2.45) is 0 Å². The lowest BCUT2D eigenvalue weighted by atomic mass is 10.3. The fraction of sp³-hybridized carbons (Fsp3) is 0.438. The van der Waals surface area contributed by atoms with Gasteiger partial charge in [-0.3, -0.25) is 4.31 Å². The van der Waals surface area contributed by atoms with Crippen LogP contribution in [0.1, 0.15) is 33.2 Å². The molecule has 0 saturated heterocycles. The van der Waals surface area contributed by atoms with Gasteiger partial charge in [0.05, 0.1) is 24.7 Å². The summed E-state index contributed by atoms with van der Waals surface area (Å²) in [4.78, 5) is 4.06. The zero-order valence-corrected chi connectivity index (χ0v) is 14.4. The molecule has 0 bridgehead atoms. The fourth-order valence-corrected chi connectivity index (χ4v) is 3.66. The van der Waals surface area contributed by atoms with Crippen LogP contribution in [0.4, 0.5) is 5.69 Å². The van der Waals surface area contributed by atoms with Crippen LogP contribution in [0.15, 0.2) is 47.9 Å². The molecular weight excluding hydrogens is 314 g/mol. The van der Waals surface area contributed by atoms with Crippen LogP contribution in [0.3, 0.4) is 0 Å². The minimum absolute atomic E-state index is 0.0118.